The lowest BCUT2D eigenvalue weighted by atomic mass is 10.1. The summed E-state index contributed by atoms with van der Waals surface area (Å²) in [6.07, 6.45) is 0.171. The molecule has 3 rings (SSSR count). The molecule has 0 bridgehead atoms. The molecule has 0 radical (unpaired) electrons. The number of nitrogens with zero attached hydrogens (tertiary/aromatic N) is 2. The molecule has 2 aromatic heterocycles. The van der Waals surface area contributed by atoms with Crippen LogP contribution < -0.4 is 10.2 Å². The Balaban J connectivity index is 1.64. The number of nitrogens with one attached hydrogen (secondary N) is 1. The summed E-state index contributed by atoms with van der Waals surface area (Å²) < 4.78 is 0. The average Bonchev–Trinajstić information content (AvgIpc) is 3.28. The van der Waals surface area contributed by atoms with Crippen LogP contribution in [0.3, 0.4) is 0 Å². The van der Waals surface area contributed by atoms with Gasteiger partial charge in [-0.1, -0.05) is 23.8 Å². The first-order valence-electron chi connectivity index (χ1n) is 8.07. The van der Waals surface area contributed by atoms with Crippen LogP contribution in [0.4, 0.5) is 10.8 Å². The topological polar surface area (TPSA) is 62.3 Å². The summed E-state index contributed by atoms with van der Waals surface area (Å²) in [6, 6.07) is 9.53. The Morgan fingerprint density at radius 1 is 1.19 bits per heavy atom. The number of thiazole rings is 1. The summed E-state index contributed by atoms with van der Waals surface area (Å²) in [7, 11) is 1.69. The Hall–Kier alpha value is -2.51. The highest BCUT2D eigenvalue weighted by Crippen LogP contribution is 2.23. The summed E-state index contributed by atoms with van der Waals surface area (Å²) in [4.78, 5) is 31.3. The van der Waals surface area contributed by atoms with Crippen molar-refractivity contribution in [2.75, 3.05) is 17.3 Å². The molecule has 2 amide bonds. The number of carbonyl (C=O) groups is 2. The minimum absolute atomic E-state index is 0.0966. The van der Waals surface area contributed by atoms with E-state index in [4.69, 9.17) is 0 Å². The number of hydrogen-bond acceptors (Lipinski definition) is 5. The molecule has 0 aliphatic carbocycles. The molecule has 0 saturated heterocycles. The Morgan fingerprint density at radius 3 is 2.69 bits per heavy atom. The lowest BCUT2D eigenvalue weighted by molar-refractivity contribution is -0.115. The average molecular weight is 386 g/mol. The molecule has 0 spiro atoms. The van der Waals surface area contributed by atoms with Gasteiger partial charge in [0.15, 0.2) is 5.13 Å². The van der Waals surface area contributed by atoms with E-state index in [1.54, 1.807) is 13.1 Å². The van der Waals surface area contributed by atoms with E-state index in [1.807, 2.05) is 48.9 Å². The monoisotopic (exact) mass is 385 g/mol. The van der Waals surface area contributed by atoms with Crippen LogP contribution in [0, 0.1) is 13.8 Å². The lowest BCUT2D eigenvalue weighted by Crippen LogP contribution is -2.25. The molecule has 0 unspecified atom stereocenters. The third kappa shape index (κ3) is 4.17. The molecule has 0 atom stereocenters. The van der Waals surface area contributed by atoms with Crippen LogP contribution in [0.5, 0.6) is 0 Å². The summed E-state index contributed by atoms with van der Waals surface area (Å²) in [6.45, 7) is 3.98. The van der Waals surface area contributed by atoms with Crippen molar-refractivity contribution in [1.29, 1.82) is 0 Å². The van der Waals surface area contributed by atoms with Gasteiger partial charge in [-0.15, -0.1) is 22.7 Å². The highest BCUT2D eigenvalue weighted by Gasteiger charge is 2.18. The van der Waals surface area contributed by atoms with E-state index in [-0.39, 0.29) is 18.2 Å². The van der Waals surface area contributed by atoms with E-state index >= 15 is 0 Å². The molecule has 26 heavy (non-hydrogen) atoms. The minimum Gasteiger partial charge on any atom is -0.326 e. The second kappa shape index (κ2) is 7.80. The number of aromatic nitrogens is 1. The molecule has 0 fully saturated rings. The van der Waals surface area contributed by atoms with Gasteiger partial charge >= 0.3 is 0 Å². The van der Waals surface area contributed by atoms with Crippen LogP contribution in [0.25, 0.3) is 0 Å². The van der Waals surface area contributed by atoms with Crippen LogP contribution >= 0.6 is 22.7 Å². The molecule has 0 aliphatic heterocycles. The van der Waals surface area contributed by atoms with Gasteiger partial charge in [0.25, 0.3) is 5.91 Å². The highest BCUT2D eigenvalue weighted by molar-refractivity contribution is 7.14. The maximum atomic E-state index is 12.4. The summed E-state index contributed by atoms with van der Waals surface area (Å²) in [5.74, 6) is -0.221. The van der Waals surface area contributed by atoms with E-state index in [9.17, 15) is 9.59 Å². The van der Waals surface area contributed by atoms with Gasteiger partial charge in [0.1, 0.15) is 0 Å². The molecule has 3 aromatic rings. The molecular formula is C19H19N3O2S2. The largest absolute Gasteiger partial charge is 0.326 e. The van der Waals surface area contributed by atoms with Gasteiger partial charge in [0, 0.05) is 18.1 Å². The second-order valence-electron chi connectivity index (χ2n) is 6.01. The van der Waals surface area contributed by atoms with Gasteiger partial charge in [-0.2, -0.15) is 0 Å². The number of rotatable bonds is 5. The lowest BCUT2D eigenvalue weighted by Gasteiger charge is -2.12. The number of amides is 2. The fraction of sp³-hybridized carbons (Fsp3) is 0.211. The highest BCUT2D eigenvalue weighted by atomic mass is 32.1. The van der Waals surface area contributed by atoms with Gasteiger partial charge in [0.05, 0.1) is 17.0 Å². The van der Waals surface area contributed by atoms with Crippen LogP contribution in [0.1, 0.15) is 26.5 Å². The maximum Gasteiger partial charge on any atom is 0.269 e. The van der Waals surface area contributed by atoms with Crippen molar-refractivity contribution in [2.24, 2.45) is 0 Å². The molecule has 0 saturated carbocycles. The fourth-order valence-corrected chi connectivity index (χ4v) is 3.98. The molecule has 5 nitrogen and oxygen atoms in total. The molecule has 1 aromatic carbocycles. The van der Waals surface area contributed by atoms with Gasteiger partial charge in [0.2, 0.25) is 5.91 Å². The maximum absolute atomic E-state index is 12.4. The summed E-state index contributed by atoms with van der Waals surface area (Å²) in [5, 5.41) is 7.18. The Labute approximate surface area is 160 Å². The van der Waals surface area contributed by atoms with Gasteiger partial charge in [-0.3, -0.25) is 14.5 Å². The Kier molecular flexibility index (Phi) is 5.49. The first kappa shape index (κ1) is 18.3. The van der Waals surface area contributed by atoms with Gasteiger partial charge in [-0.05, 0) is 36.9 Å². The third-order valence-electron chi connectivity index (χ3n) is 3.86. The van der Waals surface area contributed by atoms with Gasteiger partial charge in [-0.25, -0.2) is 4.98 Å². The Morgan fingerprint density at radius 2 is 2.00 bits per heavy atom. The quantitative estimate of drug-likeness (QED) is 0.713. The van der Waals surface area contributed by atoms with Crippen LogP contribution in [0.15, 0.2) is 41.1 Å². The second-order valence-corrected chi connectivity index (χ2v) is 7.79. The van der Waals surface area contributed by atoms with E-state index in [2.05, 4.69) is 10.3 Å². The number of anilines is 2. The van der Waals surface area contributed by atoms with Crippen LogP contribution in [0.2, 0.25) is 0 Å². The van der Waals surface area contributed by atoms with Crippen molar-refractivity contribution in [3.05, 3.63) is 62.8 Å². The number of carbonyl (C=O) groups excluding carboxylic acids is 2. The number of hydrogen-bond donors (Lipinski definition) is 1. The van der Waals surface area contributed by atoms with Crippen molar-refractivity contribution in [1.82, 2.24) is 4.98 Å². The van der Waals surface area contributed by atoms with Crippen LogP contribution in [-0.4, -0.2) is 23.8 Å². The minimum atomic E-state index is -0.124. The van der Waals surface area contributed by atoms with E-state index in [1.165, 1.54) is 27.6 Å². The standard InChI is InChI=1S/C19H19N3O2S2/c1-12-6-7-15(13(2)9-12)21-17(23)10-14-11-26-19(20-14)22(3)18(24)16-5-4-8-25-16/h4-9,11H,10H2,1-3H3,(H,21,23). The van der Waals surface area contributed by atoms with Crippen molar-refractivity contribution < 1.29 is 9.59 Å². The molecule has 1 N–H and O–H groups in total. The van der Waals surface area contributed by atoms with Crippen LogP contribution in [-0.2, 0) is 11.2 Å². The normalized spacial score (nSPS) is 10.6. The van der Waals surface area contributed by atoms with E-state index in [0.29, 0.717) is 15.7 Å². The molecular weight excluding hydrogens is 366 g/mol. The predicted molar refractivity (Wildman–Crippen MR) is 107 cm³/mol. The van der Waals surface area contributed by atoms with Crippen molar-refractivity contribution in [3.8, 4) is 0 Å². The zero-order chi connectivity index (χ0) is 18.7. The van der Waals surface area contributed by atoms with E-state index < -0.39 is 0 Å². The van der Waals surface area contributed by atoms with Gasteiger partial charge < -0.3 is 5.32 Å². The molecule has 2 heterocycles. The third-order valence-corrected chi connectivity index (χ3v) is 5.68. The van der Waals surface area contributed by atoms with Crippen molar-refractivity contribution in [2.45, 2.75) is 20.3 Å². The SMILES string of the molecule is Cc1ccc(NC(=O)Cc2csc(N(C)C(=O)c3cccs3)n2)c(C)c1. The zero-order valence-corrected chi connectivity index (χ0v) is 16.4. The zero-order valence-electron chi connectivity index (χ0n) is 14.8. The molecule has 134 valence electrons. The molecule has 0 aliphatic rings. The fourth-order valence-electron chi connectivity index (χ4n) is 2.50. The number of benzene rings is 1. The first-order chi connectivity index (χ1) is 12.4. The van der Waals surface area contributed by atoms with Crippen molar-refractivity contribution in [3.63, 3.8) is 0 Å². The Bertz CT molecular complexity index is 932. The molecule has 7 heteroatoms. The number of thiophene rings is 1. The smallest absolute Gasteiger partial charge is 0.269 e. The van der Waals surface area contributed by atoms with Crippen molar-refractivity contribution >= 4 is 45.3 Å². The summed E-state index contributed by atoms with van der Waals surface area (Å²) in [5.41, 5.74) is 3.64. The van der Waals surface area contributed by atoms with E-state index in [0.717, 1.165) is 16.8 Å². The first-order valence-corrected chi connectivity index (χ1v) is 9.83. The summed E-state index contributed by atoms with van der Waals surface area (Å²) >= 11 is 2.75. The number of aryl methyl sites for hydroxylation is 2. The predicted octanol–water partition coefficient (Wildman–Crippen LogP) is 4.28.